The van der Waals surface area contributed by atoms with E-state index < -0.39 is 5.54 Å². The number of rotatable bonds is 7. The van der Waals surface area contributed by atoms with Crippen molar-refractivity contribution >= 4 is 17.8 Å². The van der Waals surface area contributed by atoms with Gasteiger partial charge in [0.25, 0.3) is 5.91 Å². The van der Waals surface area contributed by atoms with Crippen molar-refractivity contribution < 1.29 is 14.7 Å². The van der Waals surface area contributed by atoms with Gasteiger partial charge in [-0.15, -0.1) is 0 Å². The molecule has 0 unspecified atom stereocenters. The molecule has 2 aliphatic rings. The van der Waals surface area contributed by atoms with Crippen LogP contribution in [0, 0.1) is 12.8 Å². The zero-order valence-corrected chi connectivity index (χ0v) is 18.0. The van der Waals surface area contributed by atoms with Gasteiger partial charge < -0.3 is 14.9 Å². The molecular weight excluding hydrogens is 370 g/mol. The number of carbonyl (C=O) groups excluding carboxylic acids is 2. The average Bonchev–Trinajstić information content (AvgIpc) is 2.87. The number of aliphatic hydroxyl groups is 1. The van der Waals surface area contributed by atoms with Gasteiger partial charge in [-0.3, -0.25) is 9.69 Å². The molecule has 0 aliphatic carbocycles. The maximum atomic E-state index is 13.3. The summed E-state index contributed by atoms with van der Waals surface area (Å²) in [6.07, 6.45) is 2.37. The van der Waals surface area contributed by atoms with E-state index in [1.54, 1.807) is 4.90 Å². The van der Waals surface area contributed by atoms with E-state index in [2.05, 4.69) is 28.7 Å². The first-order valence-corrected chi connectivity index (χ1v) is 10.7. The monoisotopic (exact) mass is 403 g/mol. The van der Waals surface area contributed by atoms with Crippen LogP contribution >= 0.6 is 0 Å². The Morgan fingerprint density at radius 1 is 1.21 bits per heavy atom. The van der Waals surface area contributed by atoms with Crippen molar-refractivity contribution in [3.63, 3.8) is 0 Å². The Kier molecular flexibility index (Phi) is 6.41. The minimum Gasteiger partial charge on any atom is -0.396 e. The zero-order valence-electron chi connectivity index (χ0n) is 18.0. The molecule has 0 radical (unpaired) electrons. The molecule has 8 nitrogen and oxygen atoms in total. The van der Waals surface area contributed by atoms with Gasteiger partial charge in [0.2, 0.25) is 0 Å². The highest BCUT2D eigenvalue weighted by Gasteiger charge is 2.57. The van der Waals surface area contributed by atoms with E-state index in [-0.39, 0.29) is 31.0 Å². The Bertz CT molecular complexity index is 759. The summed E-state index contributed by atoms with van der Waals surface area (Å²) < 4.78 is 0. The quantitative estimate of drug-likeness (QED) is 0.701. The van der Waals surface area contributed by atoms with Crippen LogP contribution < -0.4 is 4.90 Å². The van der Waals surface area contributed by atoms with Crippen molar-refractivity contribution in [2.45, 2.75) is 58.9 Å². The Morgan fingerprint density at radius 2 is 1.90 bits per heavy atom. The van der Waals surface area contributed by atoms with Crippen LogP contribution in [-0.2, 0) is 11.2 Å². The van der Waals surface area contributed by atoms with E-state index in [0.717, 1.165) is 23.8 Å². The van der Waals surface area contributed by atoms with Gasteiger partial charge in [0, 0.05) is 51.0 Å². The fourth-order valence-corrected chi connectivity index (χ4v) is 4.35. The van der Waals surface area contributed by atoms with Crippen molar-refractivity contribution in [1.82, 2.24) is 19.8 Å². The second-order valence-corrected chi connectivity index (χ2v) is 8.48. The third-order valence-electron chi connectivity index (χ3n) is 5.83. The molecule has 0 atom stereocenters. The van der Waals surface area contributed by atoms with Crippen LogP contribution in [0.5, 0.6) is 0 Å². The van der Waals surface area contributed by atoms with Crippen LogP contribution in [0.15, 0.2) is 6.07 Å². The number of aromatic nitrogens is 2. The molecule has 0 saturated carbocycles. The average molecular weight is 404 g/mol. The minimum atomic E-state index is -0.775. The lowest BCUT2D eigenvalue weighted by atomic mass is 9.85. The second kappa shape index (κ2) is 8.65. The van der Waals surface area contributed by atoms with Crippen molar-refractivity contribution in [2.75, 3.05) is 37.7 Å². The number of imide groups is 1. The van der Waals surface area contributed by atoms with Crippen LogP contribution in [0.3, 0.4) is 0 Å². The summed E-state index contributed by atoms with van der Waals surface area (Å²) in [4.78, 5) is 40.8. The fraction of sp³-hybridized carbons (Fsp3) is 0.714. The first-order chi connectivity index (χ1) is 13.8. The van der Waals surface area contributed by atoms with Crippen LogP contribution in [0.1, 0.15) is 51.6 Å². The molecule has 2 aliphatic heterocycles. The topological polar surface area (TPSA) is 89.9 Å². The highest BCUT2D eigenvalue weighted by molar-refractivity contribution is 6.07. The highest BCUT2D eigenvalue weighted by atomic mass is 16.3. The van der Waals surface area contributed by atoms with Crippen LogP contribution in [0.2, 0.25) is 0 Å². The lowest BCUT2D eigenvalue weighted by molar-refractivity contribution is -0.134. The zero-order chi connectivity index (χ0) is 21.2. The smallest absolute Gasteiger partial charge is 0.327 e. The minimum absolute atomic E-state index is 0.0329. The molecule has 0 bridgehead atoms. The van der Waals surface area contributed by atoms with E-state index in [1.165, 1.54) is 4.90 Å². The van der Waals surface area contributed by atoms with Crippen LogP contribution in [0.25, 0.3) is 0 Å². The van der Waals surface area contributed by atoms with Gasteiger partial charge in [-0.2, -0.15) is 0 Å². The van der Waals surface area contributed by atoms with E-state index in [4.69, 9.17) is 5.11 Å². The molecule has 160 valence electrons. The molecule has 1 aromatic heterocycles. The molecule has 1 aromatic rings. The fourth-order valence-electron chi connectivity index (χ4n) is 4.35. The largest absolute Gasteiger partial charge is 0.396 e. The predicted octanol–water partition coefficient (Wildman–Crippen LogP) is 1.99. The molecule has 29 heavy (non-hydrogen) atoms. The summed E-state index contributed by atoms with van der Waals surface area (Å²) in [5.41, 5.74) is 0.166. The second-order valence-electron chi connectivity index (χ2n) is 8.48. The number of anilines is 1. The Hall–Kier alpha value is -2.22. The van der Waals surface area contributed by atoms with E-state index in [0.29, 0.717) is 38.9 Å². The summed E-state index contributed by atoms with van der Waals surface area (Å²) in [7, 11) is 0. The van der Waals surface area contributed by atoms with Gasteiger partial charge >= 0.3 is 6.03 Å². The summed E-state index contributed by atoms with van der Waals surface area (Å²) in [5.74, 6) is 1.89. The molecule has 3 heterocycles. The molecule has 0 aromatic carbocycles. The van der Waals surface area contributed by atoms with Gasteiger partial charge in [-0.25, -0.2) is 14.8 Å². The maximum Gasteiger partial charge on any atom is 0.327 e. The van der Waals surface area contributed by atoms with Gasteiger partial charge in [0.15, 0.2) is 0 Å². The molecule has 2 fully saturated rings. The first-order valence-electron chi connectivity index (χ1n) is 10.7. The molecule has 3 rings (SSSR count). The number of hydrogen-bond acceptors (Lipinski definition) is 6. The number of nitrogens with zero attached hydrogens (tertiary/aromatic N) is 5. The van der Waals surface area contributed by atoms with Gasteiger partial charge in [-0.05, 0) is 32.1 Å². The van der Waals surface area contributed by atoms with Crippen molar-refractivity contribution in [3.05, 3.63) is 17.6 Å². The third kappa shape index (κ3) is 4.08. The van der Waals surface area contributed by atoms with E-state index >= 15 is 0 Å². The standard InChI is InChI=1S/C21H33N5O3/c1-5-17-22-16(4)13-18(23-17)24-10-7-21(8-11-24)19(28)25(9-6-12-27)20(29)26(21)14-15(2)3/h13,15,27H,5-12,14H2,1-4H3. The molecule has 1 N–H and O–H groups in total. The van der Waals surface area contributed by atoms with Crippen molar-refractivity contribution in [2.24, 2.45) is 5.92 Å². The molecular formula is C21H33N5O3. The summed E-state index contributed by atoms with van der Waals surface area (Å²) >= 11 is 0. The number of piperidine rings is 1. The number of hydrogen-bond donors (Lipinski definition) is 1. The summed E-state index contributed by atoms with van der Waals surface area (Å²) in [6, 6.07) is 1.77. The van der Waals surface area contributed by atoms with E-state index in [9.17, 15) is 9.59 Å². The van der Waals surface area contributed by atoms with Gasteiger partial charge in [0.1, 0.15) is 17.2 Å². The molecule has 3 amide bonds. The number of amides is 3. The predicted molar refractivity (Wildman–Crippen MR) is 111 cm³/mol. The van der Waals surface area contributed by atoms with Crippen LogP contribution in [0.4, 0.5) is 10.6 Å². The van der Waals surface area contributed by atoms with Crippen LogP contribution in [-0.4, -0.2) is 75.1 Å². The number of carbonyl (C=O) groups is 2. The Labute approximate surface area is 172 Å². The number of urea groups is 1. The summed E-state index contributed by atoms with van der Waals surface area (Å²) in [5, 5.41) is 9.16. The third-order valence-corrected chi connectivity index (χ3v) is 5.83. The number of aliphatic hydroxyl groups excluding tert-OH is 1. The SMILES string of the molecule is CCc1nc(C)cc(N2CCC3(CC2)C(=O)N(CCCO)C(=O)N3CC(C)C)n1. The van der Waals surface area contributed by atoms with Gasteiger partial charge in [-0.1, -0.05) is 20.8 Å². The number of aryl methyl sites for hydroxylation is 2. The van der Waals surface area contributed by atoms with E-state index in [1.807, 2.05) is 19.9 Å². The molecule has 8 heteroatoms. The highest BCUT2D eigenvalue weighted by Crippen LogP contribution is 2.38. The summed E-state index contributed by atoms with van der Waals surface area (Å²) in [6.45, 7) is 10.3. The first kappa shape index (κ1) is 21.5. The lowest BCUT2D eigenvalue weighted by Gasteiger charge is -2.43. The lowest BCUT2D eigenvalue weighted by Crippen LogP contribution is -2.57. The molecule has 1 spiro atoms. The Morgan fingerprint density at radius 3 is 2.48 bits per heavy atom. The maximum absolute atomic E-state index is 13.3. The molecule has 2 saturated heterocycles. The Balaban J connectivity index is 1.82. The van der Waals surface area contributed by atoms with Crippen molar-refractivity contribution in [1.29, 1.82) is 0 Å². The van der Waals surface area contributed by atoms with Gasteiger partial charge in [0.05, 0.1) is 0 Å². The van der Waals surface area contributed by atoms with Crippen molar-refractivity contribution in [3.8, 4) is 0 Å². The normalized spacial score (nSPS) is 19.2.